The number of anilines is 1. The first kappa shape index (κ1) is 19.4. The van der Waals surface area contributed by atoms with Crippen molar-refractivity contribution in [3.63, 3.8) is 0 Å². The van der Waals surface area contributed by atoms with Gasteiger partial charge in [-0.25, -0.2) is 9.78 Å². The van der Waals surface area contributed by atoms with Crippen molar-refractivity contribution in [3.8, 4) is 0 Å². The number of nitrogens with zero attached hydrogens (tertiary/aromatic N) is 2. The van der Waals surface area contributed by atoms with Crippen molar-refractivity contribution < 1.29 is 14.3 Å². The fourth-order valence-corrected chi connectivity index (χ4v) is 3.44. The lowest BCUT2D eigenvalue weighted by Crippen LogP contribution is -2.31. The predicted molar refractivity (Wildman–Crippen MR) is 101 cm³/mol. The highest BCUT2D eigenvalue weighted by molar-refractivity contribution is 7.17. The van der Waals surface area contributed by atoms with E-state index in [2.05, 4.69) is 11.9 Å². The van der Waals surface area contributed by atoms with Gasteiger partial charge in [0.15, 0.2) is 5.13 Å². The number of rotatable bonds is 7. The summed E-state index contributed by atoms with van der Waals surface area (Å²) < 4.78 is 5.05. The van der Waals surface area contributed by atoms with Crippen molar-refractivity contribution in [3.05, 3.63) is 45.4 Å². The number of hydrogen-bond acceptors (Lipinski definition) is 5. The summed E-state index contributed by atoms with van der Waals surface area (Å²) in [5, 5.41) is 1.00. The number of aryl methyl sites for hydroxylation is 1. The molecule has 0 aliphatic rings. The molecule has 0 fully saturated rings. The van der Waals surface area contributed by atoms with E-state index in [0.29, 0.717) is 39.4 Å². The molecule has 0 aliphatic carbocycles. The average Bonchev–Trinajstić information content (AvgIpc) is 2.97. The van der Waals surface area contributed by atoms with Gasteiger partial charge in [0.2, 0.25) is 0 Å². The number of aromatic nitrogens is 1. The molecule has 25 heavy (non-hydrogen) atoms. The van der Waals surface area contributed by atoms with Gasteiger partial charge < -0.3 is 4.74 Å². The predicted octanol–water partition coefficient (Wildman–Crippen LogP) is 4.73. The van der Waals surface area contributed by atoms with Gasteiger partial charge in [0.05, 0.1) is 12.3 Å². The Kier molecular flexibility index (Phi) is 6.96. The Balaban J connectivity index is 2.36. The Bertz CT molecular complexity index is 761. The average molecular weight is 381 g/mol. The summed E-state index contributed by atoms with van der Waals surface area (Å²) in [4.78, 5) is 31.4. The Labute approximate surface area is 156 Å². The second-order valence-corrected chi connectivity index (χ2v) is 6.87. The van der Waals surface area contributed by atoms with Gasteiger partial charge in [0.1, 0.15) is 4.88 Å². The third-order valence-electron chi connectivity index (χ3n) is 3.53. The van der Waals surface area contributed by atoms with Crippen LogP contribution in [0.5, 0.6) is 0 Å². The summed E-state index contributed by atoms with van der Waals surface area (Å²) >= 11 is 7.18. The van der Waals surface area contributed by atoms with Gasteiger partial charge in [0.25, 0.3) is 5.91 Å². The summed E-state index contributed by atoms with van der Waals surface area (Å²) in [5.74, 6) is -0.588. The zero-order valence-corrected chi connectivity index (χ0v) is 16.1. The summed E-state index contributed by atoms with van der Waals surface area (Å²) in [5.41, 5.74) is 1.06. The zero-order valence-electron chi connectivity index (χ0n) is 14.5. The molecule has 1 heterocycles. The molecular weight excluding hydrogens is 360 g/mol. The lowest BCUT2D eigenvalue weighted by atomic mass is 10.2. The minimum atomic E-state index is -0.408. The van der Waals surface area contributed by atoms with E-state index in [0.717, 1.165) is 12.8 Å². The molecule has 0 spiro atoms. The third kappa shape index (κ3) is 4.80. The number of carbonyl (C=O) groups excluding carboxylic acids is 2. The van der Waals surface area contributed by atoms with E-state index in [-0.39, 0.29) is 5.91 Å². The SMILES string of the molecule is CCCCN(C(=O)c1cccc(Cl)c1)c1nc(C)c(C(=O)OCC)s1. The highest BCUT2D eigenvalue weighted by Crippen LogP contribution is 2.28. The van der Waals surface area contributed by atoms with Crippen molar-refractivity contribution in [1.29, 1.82) is 0 Å². The molecule has 7 heteroatoms. The van der Waals surface area contributed by atoms with E-state index in [1.54, 1.807) is 43.0 Å². The molecule has 0 saturated carbocycles. The summed E-state index contributed by atoms with van der Waals surface area (Å²) in [6.07, 6.45) is 1.77. The van der Waals surface area contributed by atoms with Gasteiger partial charge >= 0.3 is 5.97 Å². The van der Waals surface area contributed by atoms with Crippen molar-refractivity contribution in [2.45, 2.75) is 33.6 Å². The molecule has 0 radical (unpaired) electrons. The van der Waals surface area contributed by atoms with Crippen LogP contribution in [-0.2, 0) is 4.74 Å². The molecule has 0 unspecified atom stereocenters. The molecule has 1 aromatic carbocycles. The lowest BCUT2D eigenvalue weighted by molar-refractivity contribution is 0.0531. The Morgan fingerprint density at radius 3 is 2.72 bits per heavy atom. The number of ether oxygens (including phenoxy) is 1. The van der Waals surface area contributed by atoms with Crippen LogP contribution in [0.2, 0.25) is 5.02 Å². The maximum atomic E-state index is 12.9. The summed E-state index contributed by atoms with van der Waals surface area (Å²) in [6.45, 7) is 6.38. The Morgan fingerprint density at radius 1 is 1.32 bits per heavy atom. The largest absolute Gasteiger partial charge is 0.462 e. The van der Waals surface area contributed by atoms with Crippen molar-refractivity contribution in [2.24, 2.45) is 0 Å². The topological polar surface area (TPSA) is 59.5 Å². The monoisotopic (exact) mass is 380 g/mol. The number of unbranched alkanes of at least 4 members (excludes halogenated alkanes) is 1. The van der Waals surface area contributed by atoms with E-state index in [9.17, 15) is 9.59 Å². The molecule has 0 aliphatic heterocycles. The van der Waals surface area contributed by atoms with Crippen LogP contribution >= 0.6 is 22.9 Å². The van der Waals surface area contributed by atoms with Gasteiger partial charge in [0, 0.05) is 17.1 Å². The normalized spacial score (nSPS) is 10.6. The molecule has 134 valence electrons. The van der Waals surface area contributed by atoms with E-state index in [4.69, 9.17) is 16.3 Å². The first-order valence-corrected chi connectivity index (χ1v) is 9.39. The van der Waals surface area contributed by atoms with E-state index in [1.165, 1.54) is 11.3 Å². The Morgan fingerprint density at radius 2 is 2.08 bits per heavy atom. The standard InChI is InChI=1S/C18H21ClN2O3S/c1-4-6-10-21(16(22)13-8-7-9-14(19)11-13)18-20-12(3)15(25-18)17(23)24-5-2/h7-9,11H,4-6,10H2,1-3H3. The summed E-state index contributed by atoms with van der Waals surface area (Å²) in [7, 11) is 0. The van der Waals surface area contributed by atoms with Crippen LogP contribution in [0.3, 0.4) is 0 Å². The van der Waals surface area contributed by atoms with Crippen LogP contribution in [0, 0.1) is 6.92 Å². The van der Waals surface area contributed by atoms with Crippen LogP contribution in [-0.4, -0.2) is 30.0 Å². The first-order chi connectivity index (χ1) is 12.0. The minimum Gasteiger partial charge on any atom is -0.462 e. The molecule has 0 N–H and O–H groups in total. The molecule has 0 atom stereocenters. The van der Waals surface area contributed by atoms with Crippen LogP contribution < -0.4 is 4.90 Å². The van der Waals surface area contributed by atoms with Crippen molar-refractivity contribution in [1.82, 2.24) is 4.98 Å². The smallest absolute Gasteiger partial charge is 0.350 e. The number of carbonyl (C=O) groups is 2. The molecule has 1 amide bonds. The quantitative estimate of drug-likeness (QED) is 0.651. The molecule has 5 nitrogen and oxygen atoms in total. The number of hydrogen-bond donors (Lipinski definition) is 0. The third-order valence-corrected chi connectivity index (χ3v) is 4.92. The van der Waals surface area contributed by atoms with Crippen molar-refractivity contribution >= 4 is 39.9 Å². The van der Waals surface area contributed by atoms with Crippen LogP contribution in [0.4, 0.5) is 5.13 Å². The lowest BCUT2D eigenvalue weighted by Gasteiger charge is -2.19. The fourth-order valence-electron chi connectivity index (χ4n) is 2.26. The number of benzene rings is 1. The number of thiazole rings is 1. The maximum absolute atomic E-state index is 12.9. The number of esters is 1. The molecule has 2 rings (SSSR count). The minimum absolute atomic E-state index is 0.180. The van der Waals surface area contributed by atoms with Gasteiger partial charge in [-0.05, 0) is 38.5 Å². The van der Waals surface area contributed by atoms with Crippen LogP contribution in [0.15, 0.2) is 24.3 Å². The van der Waals surface area contributed by atoms with Gasteiger partial charge in [-0.3, -0.25) is 9.69 Å². The fraction of sp³-hybridized carbons (Fsp3) is 0.389. The van der Waals surface area contributed by atoms with Gasteiger partial charge in [-0.1, -0.05) is 42.3 Å². The number of amides is 1. The molecular formula is C18H21ClN2O3S. The molecule has 0 bridgehead atoms. The molecule has 2 aromatic rings. The second kappa shape index (κ2) is 8.97. The van der Waals surface area contributed by atoms with E-state index >= 15 is 0 Å². The molecule has 0 saturated heterocycles. The number of halogens is 1. The highest BCUT2D eigenvalue weighted by Gasteiger charge is 2.24. The van der Waals surface area contributed by atoms with Crippen LogP contribution in [0.25, 0.3) is 0 Å². The van der Waals surface area contributed by atoms with Gasteiger partial charge in [-0.2, -0.15) is 0 Å². The van der Waals surface area contributed by atoms with Crippen molar-refractivity contribution in [2.75, 3.05) is 18.1 Å². The highest BCUT2D eigenvalue weighted by atomic mass is 35.5. The van der Waals surface area contributed by atoms with Crippen LogP contribution in [0.1, 0.15) is 52.4 Å². The first-order valence-electron chi connectivity index (χ1n) is 8.19. The van der Waals surface area contributed by atoms with E-state index < -0.39 is 5.97 Å². The molecule has 1 aromatic heterocycles. The zero-order chi connectivity index (χ0) is 18.4. The van der Waals surface area contributed by atoms with Gasteiger partial charge in [-0.15, -0.1) is 0 Å². The second-order valence-electron chi connectivity index (χ2n) is 5.45. The summed E-state index contributed by atoms with van der Waals surface area (Å²) in [6, 6.07) is 6.82. The maximum Gasteiger partial charge on any atom is 0.350 e. The van der Waals surface area contributed by atoms with E-state index in [1.807, 2.05) is 0 Å². The Hall–Kier alpha value is -1.92.